The number of benzene rings is 1. The Bertz CT molecular complexity index is 1030. The van der Waals surface area contributed by atoms with E-state index in [2.05, 4.69) is 45.6 Å². The van der Waals surface area contributed by atoms with Crippen LogP contribution in [0.15, 0.2) is 23.4 Å². The van der Waals surface area contributed by atoms with Crippen LogP contribution in [0, 0.1) is 20.8 Å². The molecule has 30 heavy (non-hydrogen) atoms. The van der Waals surface area contributed by atoms with E-state index in [1.54, 1.807) is 0 Å². The maximum absolute atomic E-state index is 12.5. The van der Waals surface area contributed by atoms with E-state index in [9.17, 15) is 4.79 Å². The van der Waals surface area contributed by atoms with E-state index in [4.69, 9.17) is 4.74 Å². The van der Waals surface area contributed by atoms with E-state index in [1.807, 2.05) is 44.4 Å². The highest BCUT2D eigenvalue weighted by Gasteiger charge is 2.22. The number of aromatic nitrogens is 5. The van der Waals surface area contributed by atoms with Gasteiger partial charge >= 0.3 is 0 Å². The Morgan fingerprint density at radius 1 is 1.17 bits per heavy atom. The van der Waals surface area contributed by atoms with Crippen LogP contribution in [0.25, 0.3) is 0 Å². The fourth-order valence-corrected chi connectivity index (χ4v) is 4.37. The third kappa shape index (κ3) is 5.37. The molecule has 10 heteroatoms. The normalized spacial score (nSPS) is 12.2. The van der Waals surface area contributed by atoms with Crippen LogP contribution in [-0.2, 0) is 11.4 Å². The Labute approximate surface area is 184 Å². The van der Waals surface area contributed by atoms with Gasteiger partial charge in [-0.25, -0.2) is 0 Å². The van der Waals surface area contributed by atoms with Crippen molar-refractivity contribution in [2.75, 3.05) is 5.32 Å². The van der Waals surface area contributed by atoms with Crippen LogP contribution in [-0.4, -0.2) is 36.1 Å². The molecule has 1 N–H and O–H groups in total. The molecule has 160 valence electrons. The first-order valence-corrected chi connectivity index (χ1v) is 11.4. The van der Waals surface area contributed by atoms with Crippen LogP contribution in [0.1, 0.15) is 48.8 Å². The zero-order valence-electron chi connectivity index (χ0n) is 18.0. The average molecular weight is 447 g/mol. The van der Waals surface area contributed by atoms with E-state index in [1.165, 1.54) is 23.1 Å². The van der Waals surface area contributed by atoms with Crippen molar-refractivity contribution >= 4 is 34.1 Å². The molecule has 2 aromatic heterocycles. The maximum atomic E-state index is 12.5. The lowest BCUT2D eigenvalue weighted by Gasteiger charge is -2.16. The van der Waals surface area contributed by atoms with Gasteiger partial charge in [-0.3, -0.25) is 10.1 Å². The third-order valence-corrected chi connectivity index (χ3v) is 6.17. The van der Waals surface area contributed by atoms with Gasteiger partial charge in [-0.2, -0.15) is 0 Å². The Balaban J connectivity index is 1.70. The van der Waals surface area contributed by atoms with Crippen molar-refractivity contribution in [2.45, 2.75) is 64.6 Å². The zero-order chi connectivity index (χ0) is 21.8. The summed E-state index contributed by atoms with van der Waals surface area (Å²) in [6.45, 7) is 12.2. The first-order chi connectivity index (χ1) is 14.2. The number of amides is 1. The molecule has 0 saturated carbocycles. The Hall–Kier alpha value is -2.46. The topological polar surface area (TPSA) is 94.8 Å². The fourth-order valence-electron chi connectivity index (χ4n) is 2.78. The first-order valence-electron chi connectivity index (χ1n) is 9.66. The number of carbonyl (C=O) groups is 1. The predicted molar refractivity (Wildman–Crippen MR) is 119 cm³/mol. The van der Waals surface area contributed by atoms with Crippen molar-refractivity contribution in [1.29, 1.82) is 0 Å². The van der Waals surface area contributed by atoms with Gasteiger partial charge in [0.2, 0.25) is 11.0 Å². The first kappa shape index (κ1) is 22.2. The molecule has 2 heterocycles. The Morgan fingerprint density at radius 3 is 2.60 bits per heavy atom. The van der Waals surface area contributed by atoms with Crippen LogP contribution in [0.5, 0.6) is 5.75 Å². The predicted octanol–water partition coefficient (Wildman–Crippen LogP) is 4.33. The second-order valence-corrected chi connectivity index (χ2v) is 9.79. The number of hydrogen-bond donors (Lipinski definition) is 1. The molecule has 3 rings (SSSR count). The summed E-state index contributed by atoms with van der Waals surface area (Å²) in [5.74, 6) is 1.41. The van der Waals surface area contributed by atoms with Crippen LogP contribution >= 0.6 is 23.1 Å². The minimum absolute atomic E-state index is 0.126. The molecule has 0 aliphatic rings. The molecule has 1 aromatic carbocycles. The van der Waals surface area contributed by atoms with Gasteiger partial charge in [-0.15, -0.1) is 20.4 Å². The van der Waals surface area contributed by atoms with Crippen molar-refractivity contribution in [3.05, 3.63) is 40.2 Å². The second kappa shape index (κ2) is 9.57. The fraction of sp³-hybridized carbons (Fsp3) is 0.450. The van der Waals surface area contributed by atoms with Gasteiger partial charge in [0.1, 0.15) is 17.4 Å². The van der Waals surface area contributed by atoms with Crippen molar-refractivity contribution in [3.63, 3.8) is 0 Å². The molecule has 0 bridgehead atoms. The molecule has 1 atom stereocenters. The van der Waals surface area contributed by atoms with E-state index in [0.717, 1.165) is 27.7 Å². The molecule has 0 aliphatic carbocycles. The maximum Gasteiger partial charge on any atom is 0.239 e. The number of carbonyl (C=O) groups excluding carboxylic acids is 1. The average Bonchev–Trinajstić information content (AvgIpc) is 3.28. The van der Waals surface area contributed by atoms with Crippen LogP contribution in [0.2, 0.25) is 0 Å². The van der Waals surface area contributed by atoms with Crippen molar-refractivity contribution in [3.8, 4) is 5.75 Å². The number of thioether (sulfide) groups is 1. The summed E-state index contributed by atoms with van der Waals surface area (Å²) in [6.07, 6.45) is 0. The molecule has 1 amide bonds. The number of ether oxygens (including phenoxy) is 1. The molecule has 0 aliphatic heterocycles. The molecule has 0 radical (unpaired) electrons. The van der Waals surface area contributed by atoms with E-state index >= 15 is 0 Å². The van der Waals surface area contributed by atoms with Crippen LogP contribution in [0.4, 0.5) is 5.13 Å². The summed E-state index contributed by atoms with van der Waals surface area (Å²) in [6, 6.07) is 6.24. The smallest absolute Gasteiger partial charge is 0.239 e. The van der Waals surface area contributed by atoms with Crippen LogP contribution in [0.3, 0.4) is 0 Å². The third-order valence-electron chi connectivity index (χ3n) is 4.36. The molecule has 8 nitrogen and oxygen atoms in total. The summed E-state index contributed by atoms with van der Waals surface area (Å²) in [7, 11) is 0. The number of hydrogen-bond acceptors (Lipinski definition) is 8. The minimum Gasteiger partial charge on any atom is -0.485 e. The highest BCUT2D eigenvalue weighted by molar-refractivity contribution is 8.00. The second-order valence-electron chi connectivity index (χ2n) is 7.30. The van der Waals surface area contributed by atoms with Gasteiger partial charge < -0.3 is 9.30 Å². The number of nitrogens with zero attached hydrogens (tertiary/aromatic N) is 5. The Kier molecular flexibility index (Phi) is 7.09. The summed E-state index contributed by atoms with van der Waals surface area (Å²) in [5.41, 5.74) is 2.21. The molecule has 3 aromatic rings. The summed E-state index contributed by atoms with van der Waals surface area (Å²) >= 11 is 2.70. The SMILES string of the molecule is Cc1ccc(C)c(OCc2nnc(S[C@H](C)C(=O)Nc3nnc(C)s3)n2C(C)C)c1. The van der Waals surface area contributed by atoms with E-state index in [-0.39, 0.29) is 17.2 Å². The van der Waals surface area contributed by atoms with E-state index in [0.29, 0.717) is 16.9 Å². The van der Waals surface area contributed by atoms with E-state index < -0.39 is 0 Å². The number of anilines is 1. The molecular formula is C20H26N6O2S2. The largest absolute Gasteiger partial charge is 0.485 e. The quantitative estimate of drug-likeness (QED) is 0.515. The van der Waals surface area contributed by atoms with Gasteiger partial charge in [0.05, 0.1) is 5.25 Å². The number of nitrogens with one attached hydrogen (secondary N) is 1. The van der Waals surface area contributed by atoms with Gasteiger partial charge in [0.25, 0.3) is 0 Å². The monoisotopic (exact) mass is 446 g/mol. The van der Waals surface area contributed by atoms with Crippen molar-refractivity contribution < 1.29 is 9.53 Å². The van der Waals surface area contributed by atoms with Gasteiger partial charge in [0.15, 0.2) is 11.0 Å². The van der Waals surface area contributed by atoms with Crippen molar-refractivity contribution in [2.24, 2.45) is 0 Å². The van der Waals surface area contributed by atoms with Crippen LogP contribution < -0.4 is 10.1 Å². The lowest BCUT2D eigenvalue weighted by Crippen LogP contribution is -2.23. The molecule has 0 saturated heterocycles. The van der Waals surface area contributed by atoms with Gasteiger partial charge in [-0.1, -0.05) is 35.2 Å². The molecular weight excluding hydrogens is 420 g/mol. The zero-order valence-corrected chi connectivity index (χ0v) is 19.6. The van der Waals surface area contributed by atoms with Gasteiger partial charge in [-0.05, 0) is 58.7 Å². The molecule has 0 unspecified atom stereocenters. The Morgan fingerprint density at radius 2 is 1.93 bits per heavy atom. The number of rotatable bonds is 8. The lowest BCUT2D eigenvalue weighted by atomic mass is 10.1. The highest BCUT2D eigenvalue weighted by Crippen LogP contribution is 2.28. The summed E-state index contributed by atoms with van der Waals surface area (Å²) in [5, 5.41) is 20.9. The van der Waals surface area contributed by atoms with Crippen molar-refractivity contribution in [1.82, 2.24) is 25.0 Å². The highest BCUT2D eigenvalue weighted by atomic mass is 32.2. The molecule has 0 fully saturated rings. The minimum atomic E-state index is -0.372. The number of aryl methyl sites for hydroxylation is 3. The lowest BCUT2D eigenvalue weighted by molar-refractivity contribution is -0.115. The van der Waals surface area contributed by atoms with Gasteiger partial charge in [0, 0.05) is 6.04 Å². The molecule has 0 spiro atoms. The summed E-state index contributed by atoms with van der Waals surface area (Å²) in [4.78, 5) is 12.5. The summed E-state index contributed by atoms with van der Waals surface area (Å²) < 4.78 is 8.02. The standard InChI is InChI=1S/C20H26N6O2S2/c1-11(2)26-17(10-28-16-9-12(3)7-8-13(16)4)23-25-20(26)29-14(5)18(27)21-19-24-22-15(6)30-19/h7-9,11,14H,10H2,1-6H3,(H,21,24,27)/t14-/m1/s1.